The quantitative estimate of drug-likeness (QED) is 0.136. The second kappa shape index (κ2) is 14.5. The van der Waals surface area contributed by atoms with Gasteiger partial charge in [0.2, 0.25) is 5.91 Å². The van der Waals surface area contributed by atoms with Crippen molar-refractivity contribution in [2.24, 2.45) is 0 Å². The first kappa shape index (κ1) is 29.9. The SMILES string of the molecule is CCOC(=O)C(C=Cc1ccc(NC(=O)CNC(=O)c2cc3ccc(N(CC)CC)cc3oc2=O)cc1)=CCO. The van der Waals surface area contributed by atoms with Crippen LogP contribution in [0.3, 0.4) is 0 Å². The van der Waals surface area contributed by atoms with Gasteiger partial charge in [0.15, 0.2) is 0 Å². The van der Waals surface area contributed by atoms with Crippen molar-refractivity contribution in [2.75, 3.05) is 43.1 Å². The summed E-state index contributed by atoms with van der Waals surface area (Å²) in [7, 11) is 0. The van der Waals surface area contributed by atoms with E-state index in [1.165, 1.54) is 18.2 Å². The molecule has 0 bridgehead atoms. The van der Waals surface area contributed by atoms with Crippen molar-refractivity contribution in [1.82, 2.24) is 5.32 Å². The molecule has 3 N–H and O–H groups in total. The van der Waals surface area contributed by atoms with E-state index in [9.17, 15) is 19.2 Å². The summed E-state index contributed by atoms with van der Waals surface area (Å²) in [5.74, 6) is -1.74. The fourth-order valence-electron chi connectivity index (χ4n) is 3.90. The summed E-state index contributed by atoms with van der Waals surface area (Å²) in [6, 6.07) is 13.7. The number of carbonyl (C=O) groups excluding carboxylic acids is 3. The van der Waals surface area contributed by atoms with Crippen LogP contribution in [0.1, 0.15) is 36.7 Å². The van der Waals surface area contributed by atoms with Gasteiger partial charge in [0.25, 0.3) is 5.91 Å². The minimum Gasteiger partial charge on any atom is -0.462 e. The molecule has 0 saturated heterocycles. The van der Waals surface area contributed by atoms with Crippen LogP contribution in [0.25, 0.3) is 17.0 Å². The van der Waals surface area contributed by atoms with Gasteiger partial charge in [-0.2, -0.15) is 0 Å². The molecular weight excluding hydrogens is 514 g/mol. The molecule has 2 aromatic carbocycles. The third kappa shape index (κ3) is 7.90. The topological polar surface area (TPSA) is 138 Å². The summed E-state index contributed by atoms with van der Waals surface area (Å²) < 4.78 is 10.3. The number of anilines is 2. The lowest BCUT2D eigenvalue weighted by atomic mass is 10.1. The Labute approximate surface area is 231 Å². The van der Waals surface area contributed by atoms with Gasteiger partial charge in [0.05, 0.1) is 25.3 Å². The van der Waals surface area contributed by atoms with Gasteiger partial charge in [0, 0.05) is 35.9 Å². The van der Waals surface area contributed by atoms with E-state index in [-0.39, 0.29) is 30.9 Å². The molecule has 10 nitrogen and oxygen atoms in total. The molecule has 0 spiro atoms. The normalized spacial score (nSPS) is 11.4. The Morgan fingerprint density at radius 2 is 1.75 bits per heavy atom. The third-order valence-corrected chi connectivity index (χ3v) is 5.97. The first-order valence-electron chi connectivity index (χ1n) is 13.0. The van der Waals surface area contributed by atoms with E-state index in [2.05, 4.69) is 15.5 Å². The van der Waals surface area contributed by atoms with Crippen molar-refractivity contribution in [2.45, 2.75) is 20.8 Å². The number of amides is 2. The van der Waals surface area contributed by atoms with Gasteiger partial charge in [-0.25, -0.2) is 9.59 Å². The lowest BCUT2D eigenvalue weighted by Gasteiger charge is -2.21. The molecule has 40 heavy (non-hydrogen) atoms. The minimum absolute atomic E-state index is 0.190. The highest BCUT2D eigenvalue weighted by Gasteiger charge is 2.16. The van der Waals surface area contributed by atoms with E-state index in [0.29, 0.717) is 16.7 Å². The second-order valence-electron chi connectivity index (χ2n) is 8.59. The molecule has 3 rings (SSSR count). The van der Waals surface area contributed by atoms with Crippen LogP contribution in [0.5, 0.6) is 0 Å². The zero-order valence-electron chi connectivity index (χ0n) is 22.7. The van der Waals surface area contributed by atoms with Crippen LogP contribution >= 0.6 is 0 Å². The molecule has 3 aromatic rings. The summed E-state index contributed by atoms with van der Waals surface area (Å²) in [5, 5.41) is 14.8. The molecule has 0 fully saturated rings. The fraction of sp³-hybridized carbons (Fsp3) is 0.267. The molecule has 10 heteroatoms. The largest absolute Gasteiger partial charge is 0.462 e. The number of aliphatic hydroxyl groups excluding tert-OH is 1. The number of fused-ring (bicyclic) bond motifs is 1. The highest BCUT2D eigenvalue weighted by molar-refractivity contribution is 6.00. The van der Waals surface area contributed by atoms with Crippen LogP contribution in [-0.4, -0.2) is 55.7 Å². The highest BCUT2D eigenvalue weighted by Crippen LogP contribution is 2.22. The smallest absolute Gasteiger partial charge is 0.349 e. The zero-order chi connectivity index (χ0) is 29.1. The molecule has 0 saturated carbocycles. The molecule has 1 heterocycles. The van der Waals surface area contributed by atoms with Crippen molar-refractivity contribution >= 4 is 46.2 Å². The van der Waals surface area contributed by atoms with E-state index in [1.807, 2.05) is 19.9 Å². The Kier molecular flexibility index (Phi) is 10.8. The van der Waals surface area contributed by atoms with Gasteiger partial charge in [-0.1, -0.05) is 18.2 Å². The van der Waals surface area contributed by atoms with E-state index in [0.717, 1.165) is 24.3 Å². The Balaban J connectivity index is 1.59. The number of hydrogen-bond acceptors (Lipinski definition) is 8. The first-order chi connectivity index (χ1) is 19.3. The maximum atomic E-state index is 12.6. The molecule has 2 amide bonds. The standard InChI is InChI=1S/C30H33N3O7/c1-4-33(5-2)24-14-11-22-17-25(30(38)40-26(22)18-24)28(36)31-19-27(35)32-23-12-8-20(9-13-23)7-10-21(15-16-34)29(37)39-6-3/h7-15,17-18,34H,4-6,16,19H2,1-3H3,(H,31,36)(H,32,35). The summed E-state index contributed by atoms with van der Waals surface area (Å²) in [6.45, 7) is 6.93. The van der Waals surface area contributed by atoms with E-state index in [1.54, 1.807) is 49.4 Å². The van der Waals surface area contributed by atoms with Crippen LogP contribution in [0.2, 0.25) is 0 Å². The first-order valence-corrected chi connectivity index (χ1v) is 13.0. The molecule has 0 aliphatic carbocycles. The number of carbonyl (C=O) groups is 3. The molecule has 1 aromatic heterocycles. The molecule has 210 valence electrons. The highest BCUT2D eigenvalue weighted by atomic mass is 16.5. The van der Waals surface area contributed by atoms with Crippen molar-refractivity contribution in [1.29, 1.82) is 0 Å². The summed E-state index contributed by atoms with van der Waals surface area (Å²) in [5.41, 5.74) is 1.77. The Morgan fingerprint density at radius 3 is 2.40 bits per heavy atom. The average Bonchev–Trinajstić information content (AvgIpc) is 2.95. The van der Waals surface area contributed by atoms with Gasteiger partial charge >= 0.3 is 11.6 Å². The van der Waals surface area contributed by atoms with Gasteiger partial charge < -0.3 is 29.8 Å². The number of nitrogens with one attached hydrogen (secondary N) is 2. The number of aliphatic hydroxyl groups is 1. The Hall–Kier alpha value is -4.70. The van der Waals surface area contributed by atoms with Crippen molar-refractivity contribution in [3.05, 3.63) is 87.8 Å². The van der Waals surface area contributed by atoms with Gasteiger partial charge in [-0.15, -0.1) is 0 Å². The molecule has 0 radical (unpaired) electrons. The monoisotopic (exact) mass is 547 g/mol. The average molecular weight is 548 g/mol. The lowest BCUT2D eigenvalue weighted by Crippen LogP contribution is -2.35. The predicted octanol–water partition coefficient (Wildman–Crippen LogP) is 3.50. The van der Waals surface area contributed by atoms with Crippen LogP contribution in [0.15, 0.2) is 75.5 Å². The number of benzene rings is 2. The van der Waals surface area contributed by atoms with E-state index in [4.69, 9.17) is 14.3 Å². The van der Waals surface area contributed by atoms with E-state index < -0.39 is 23.4 Å². The number of ether oxygens (including phenoxy) is 1. The lowest BCUT2D eigenvalue weighted by molar-refractivity contribution is -0.138. The summed E-state index contributed by atoms with van der Waals surface area (Å²) >= 11 is 0. The molecule has 0 aliphatic heterocycles. The zero-order valence-corrected chi connectivity index (χ0v) is 22.7. The number of rotatable bonds is 12. The van der Waals surface area contributed by atoms with Crippen LogP contribution in [0.4, 0.5) is 11.4 Å². The van der Waals surface area contributed by atoms with Crippen LogP contribution < -0.4 is 21.2 Å². The van der Waals surface area contributed by atoms with Gasteiger partial charge in [-0.05, 0) is 68.8 Å². The molecule has 0 aliphatic rings. The number of nitrogens with zero attached hydrogens (tertiary/aromatic N) is 1. The summed E-state index contributed by atoms with van der Waals surface area (Å²) in [6.07, 6.45) is 4.55. The Bertz CT molecular complexity index is 1470. The van der Waals surface area contributed by atoms with Crippen molar-refractivity contribution in [3.63, 3.8) is 0 Å². The van der Waals surface area contributed by atoms with E-state index >= 15 is 0 Å². The fourth-order valence-corrected chi connectivity index (χ4v) is 3.90. The second-order valence-corrected chi connectivity index (χ2v) is 8.59. The van der Waals surface area contributed by atoms with Crippen molar-refractivity contribution in [3.8, 4) is 0 Å². The van der Waals surface area contributed by atoms with Crippen LogP contribution in [0, 0.1) is 0 Å². The van der Waals surface area contributed by atoms with Crippen molar-refractivity contribution < 1.29 is 28.6 Å². The van der Waals surface area contributed by atoms with Gasteiger partial charge in [-0.3, -0.25) is 9.59 Å². The van der Waals surface area contributed by atoms with Crippen LogP contribution in [-0.2, 0) is 14.3 Å². The van der Waals surface area contributed by atoms with Gasteiger partial charge in [0.1, 0.15) is 11.1 Å². The Morgan fingerprint density at radius 1 is 1.02 bits per heavy atom. The number of hydrogen-bond donors (Lipinski definition) is 3. The number of esters is 1. The minimum atomic E-state index is -0.786. The predicted molar refractivity (Wildman–Crippen MR) is 154 cm³/mol. The third-order valence-electron chi connectivity index (χ3n) is 5.97. The summed E-state index contributed by atoms with van der Waals surface area (Å²) in [4.78, 5) is 51.5. The molecule has 0 unspecified atom stereocenters. The molecular formula is C30H33N3O7. The molecule has 0 atom stereocenters. The maximum Gasteiger partial charge on any atom is 0.349 e. The maximum absolute atomic E-state index is 12.6.